The minimum atomic E-state index is -0.522. The molecule has 0 spiro atoms. The van der Waals surface area contributed by atoms with Gasteiger partial charge in [0.1, 0.15) is 6.04 Å². The lowest BCUT2D eigenvalue weighted by Crippen LogP contribution is -2.44. The lowest BCUT2D eigenvalue weighted by Gasteiger charge is -2.29. The van der Waals surface area contributed by atoms with Crippen molar-refractivity contribution in [2.45, 2.75) is 25.4 Å². The summed E-state index contributed by atoms with van der Waals surface area (Å²) in [6.07, 6.45) is 0.949. The van der Waals surface area contributed by atoms with Crippen LogP contribution in [0.5, 0.6) is 0 Å². The number of nitro benzene ring substituents is 1. The molecule has 3 unspecified atom stereocenters. The van der Waals surface area contributed by atoms with Gasteiger partial charge in [0, 0.05) is 25.2 Å². The number of nitrogens with zero attached hydrogens (tertiary/aromatic N) is 4. The Balaban J connectivity index is 1.54. The summed E-state index contributed by atoms with van der Waals surface area (Å²) in [5, 5.41) is 15.1. The smallest absolute Gasteiger partial charge is 0.269 e. The number of nitro groups is 1. The molecule has 3 fully saturated rings. The van der Waals surface area contributed by atoms with Crippen LogP contribution in [0.1, 0.15) is 23.6 Å². The minimum absolute atomic E-state index is 0.0729. The van der Waals surface area contributed by atoms with Crippen molar-refractivity contribution in [3.05, 3.63) is 69.8 Å². The molecule has 2 aromatic rings. The molecular formula is C21H20N4O4. The highest BCUT2D eigenvalue weighted by molar-refractivity contribution is 6.24. The van der Waals surface area contributed by atoms with Crippen LogP contribution in [0.15, 0.2) is 48.5 Å². The van der Waals surface area contributed by atoms with Gasteiger partial charge >= 0.3 is 0 Å². The molecule has 0 N–H and O–H groups in total. The Hall–Kier alpha value is -3.10. The van der Waals surface area contributed by atoms with Gasteiger partial charge in [-0.25, -0.2) is 14.9 Å². The van der Waals surface area contributed by atoms with Crippen molar-refractivity contribution in [1.29, 1.82) is 0 Å². The van der Waals surface area contributed by atoms with Crippen LogP contribution < -0.4 is 4.90 Å². The van der Waals surface area contributed by atoms with Crippen molar-refractivity contribution in [2.24, 2.45) is 5.92 Å². The van der Waals surface area contributed by atoms with E-state index in [4.69, 9.17) is 0 Å². The Morgan fingerprint density at radius 3 is 2.14 bits per heavy atom. The van der Waals surface area contributed by atoms with Gasteiger partial charge in [-0.2, -0.15) is 0 Å². The van der Waals surface area contributed by atoms with E-state index in [2.05, 4.69) is 5.01 Å². The maximum atomic E-state index is 13.4. The Labute approximate surface area is 167 Å². The molecular weight excluding hydrogens is 372 g/mol. The van der Waals surface area contributed by atoms with Crippen molar-refractivity contribution < 1.29 is 14.5 Å². The van der Waals surface area contributed by atoms with Crippen LogP contribution in [0.25, 0.3) is 0 Å². The standard InChI is InChI=1S/C21H20N4O4/c1-13-3-5-14(6-4-13)18-17-19(23-12-2-11-22(18)23)21(27)24(20(17)26)15-7-9-16(10-8-15)25(28)29/h3-10,17-19H,2,11-12H2,1H3. The third-order valence-electron chi connectivity index (χ3n) is 6.14. The number of benzene rings is 2. The Kier molecular flexibility index (Phi) is 4.01. The van der Waals surface area contributed by atoms with Gasteiger partial charge in [0.15, 0.2) is 0 Å². The average Bonchev–Trinajstić information content (AvgIpc) is 3.35. The van der Waals surface area contributed by atoms with Gasteiger partial charge in [-0.1, -0.05) is 29.8 Å². The minimum Gasteiger partial charge on any atom is -0.274 e. The second kappa shape index (κ2) is 6.47. The summed E-state index contributed by atoms with van der Waals surface area (Å²) < 4.78 is 0. The molecule has 2 aromatic carbocycles. The molecule has 5 rings (SSSR count). The first-order valence-corrected chi connectivity index (χ1v) is 9.69. The van der Waals surface area contributed by atoms with Crippen LogP contribution in [0, 0.1) is 23.0 Å². The molecule has 3 heterocycles. The van der Waals surface area contributed by atoms with Gasteiger partial charge in [0.05, 0.1) is 22.6 Å². The Morgan fingerprint density at radius 2 is 1.52 bits per heavy atom. The molecule has 0 aromatic heterocycles. The van der Waals surface area contributed by atoms with Crippen molar-refractivity contribution in [3.8, 4) is 0 Å². The fourth-order valence-corrected chi connectivity index (χ4v) is 4.85. The number of carbonyl (C=O) groups is 2. The lowest BCUT2D eigenvalue weighted by atomic mass is 9.89. The third kappa shape index (κ3) is 2.60. The molecule has 8 heteroatoms. The van der Waals surface area contributed by atoms with E-state index in [0.29, 0.717) is 5.69 Å². The molecule has 8 nitrogen and oxygen atoms in total. The van der Waals surface area contributed by atoms with E-state index < -0.39 is 16.9 Å². The zero-order chi connectivity index (χ0) is 20.3. The van der Waals surface area contributed by atoms with Gasteiger partial charge in [-0.15, -0.1) is 0 Å². The van der Waals surface area contributed by atoms with Crippen molar-refractivity contribution in [3.63, 3.8) is 0 Å². The predicted molar refractivity (Wildman–Crippen MR) is 105 cm³/mol. The van der Waals surface area contributed by atoms with Crippen LogP contribution in [0.2, 0.25) is 0 Å². The van der Waals surface area contributed by atoms with Crippen LogP contribution in [0.3, 0.4) is 0 Å². The highest BCUT2D eigenvalue weighted by Crippen LogP contribution is 2.48. The molecule has 148 valence electrons. The third-order valence-corrected chi connectivity index (χ3v) is 6.14. The van der Waals surface area contributed by atoms with Crippen molar-refractivity contribution in [2.75, 3.05) is 18.0 Å². The number of aryl methyl sites for hydroxylation is 1. The number of hydrogen-bond acceptors (Lipinski definition) is 6. The zero-order valence-electron chi connectivity index (χ0n) is 15.9. The summed E-state index contributed by atoms with van der Waals surface area (Å²) in [6, 6.07) is 13.0. The van der Waals surface area contributed by atoms with Crippen LogP contribution >= 0.6 is 0 Å². The molecule has 3 aliphatic rings. The van der Waals surface area contributed by atoms with E-state index in [1.54, 1.807) is 0 Å². The maximum Gasteiger partial charge on any atom is 0.269 e. The molecule has 0 saturated carbocycles. The number of carbonyl (C=O) groups excluding carboxylic acids is 2. The molecule has 0 bridgehead atoms. The van der Waals surface area contributed by atoms with E-state index >= 15 is 0 Å². The number of imide groups is 1. The fourth-order valence-electron chi connectivity index (χ4n) is 4.85. The molecule has 2 amide bonds. The molecule has 0 aliphatic carbocycles. The van der Waals surface area contributed by atoms with E-state index in [9.17, 15) is 19.7 Å². The number of non-ortho nitro benzene ring substituents is 1. The fraction of sp³-hybridized carbons (Fsp3) is 0.333. The maximum absolute atomic E-state index is 13.4. The average molecular weight is 392 g/mol. The number of amides is 2. The highest BCUT2D eigenvalue weighted by Gasteiger charge is 2.62. The first-order valence-electron chi connectivity index (χ1n) is 9.69. The summed E-state index contributed by atoms with van der Waals surface area (Å²) in [6.45, 7) is 3.59. The largest absolute Gasteiger partial charge is 0.274 e. The SMILES string of the molecule is Cc1ccc(C2C3C(=O)N(c4ccc([N+](=O)[O-])cc4)C(=O)C3N3CCCN23)cc1. The van der Waals surface area contributed by atoms with Crippen molar-refractivity contribution in [1.82, 2.24) is 10.0 Å². The van der Waals surface area contributed by atoms with E-state index in [1.807, 2.05) is 36.2 Å². The monoisotopic (exact) mass is 392 g/mol. The summed E-state index contributed by atoms with van der Waals surface area (Å²) in [7, 11) is 0. The first-order chi connectivity index (χ1) is 14.0. The van der Waals surface area contributed by atoms with Crippen molar-refractivity contribution >= 4 is 23.2 Å². The lowest BCUT2D eigenvalue weighted by molar-refractivity contribution is -0.384. The first kappa shape index (κ1) is 18.0. The molecule has 3 saturated heterocycles. The zero-order valence-corrected chi connectivity index (χ0v) is 15.9. The Morgan fingerprint density at radius 1 is 0.897 bits per heavy atom. The summed E-state index contributed by atoms with van der Waals surface area (Å²) >= 11 is 0. The number of hydrogen-bond donors (Lipinski definition) is 0. The van der Waals surface area contributed by atoms with Crippen LogP contribution in [0.4, 0.5) is 11.4 Å². The second-order valence-corrected chi connectivity index (χ2v) is 7.79. The topological polar surface area (TPSA) is 87.0 Å². The summed E-state index contributed by atoms with van der Waals surface area (Å²) in [5.74, 6) is -0.982. The quantitative estimate of drug-likeness (QED) is 0.453. The molecule has 0 radical (unpaired) electrons. The Bertz CT molecular complexity index is 1000. The van der Waals surface area contributed by atoms with E-state index in [-0.39, 0.29) is 23.5 Å². The predicted octanol–water partition coefficient (Wildman–Crippen LogP) is 2.44. The molecule has 29 heavy (non-hydrogen) atoms. The van der Waals surface area contributed by atoms with Gasteiger partial charge < -0.3 is 0 Å². The highest BCUT2D eigenvalue weighted by atomic mass is 16.6. The van der Waals surface area contributed by atoms with Gasteiger partial charge in [-0.3, -0.25) is 19.7 Å². The second-order valence-electron chi connectivity index (χ2n) is 7.79. The van der Waals surface area contributed by atoms with E-state index in [0.717, 1.165) is 30.6 Å². The molecule has 3 atom stereocenters. The van der Waals surface area contributed by atoms with Gasteiger partial charge in [-0.05, 0) is 31.0 Å². The summed E-state index contributed by atoms with van der Waals surface area (Å²) in [5.41, 5.74) is 2.48. The van der Waals surface area contributed by atoms with E-state index in [1.165, 1.54) is 29.2 Å². The number of rotatable bonds is 3. The van der Waals surface area contributed by atoms with Crippen LogP contribution in [-0.4, -0.2) is 45.9 Å². The number of hydrazine groups is 1. The normalized spacial score (nSPS) is 26.8. The van der Waals surface area contributed by atoms with Gasteiger partial charge in [0.2, 0.25) is 5.91 Å². The number of anilines is 1. The molecule has 3 aliphatic heterocycles. The summed E-state index contributed by atoms with van der Waals surface area (Å²) in [4.78, 5) is 38.3. The number of fused-ring (bicyclic) bond motifs is 3. The van der Waals surface area contributed by atoms with Gasteiger partial charge in [0.25, 0.3) is 11.6 Å². The van der Waals surface area contributed by atoms with Crippen LogP contribution in [-0.2, 0) is 9.59 Å².